The van der Waals surface area contributed by atoms with Crippen molar-refractivity contribution in [1.29, 1.82) is 0 Å². The number of benzene rings is 2. The van der Waals surface area contributed by atoms with Crippen LogP contribution in [0.5, 0.6) is 5.75 Å². The van der Waals surface area contributed by atoms with E-state index in [2.05, 4.69) is 16.3 Å². The molecule has 28 heavy (non-hydrogen) atoms. The first-order valence-corrected chi connectivity index (χ1v) is 9.15. The second-order valence-corrected chi connectivity index (χ2v) is 6.78. The highest BCUT2D eigenvalue weighted by Gasteiger charge is 2.24. The monoisotopic (exact) mass is 425 g/mol. The van der Waals surface area contributed by atoms with E-state index in [0.29, 0.717) is 18.8 Å². The number of nitrogens with zero attached hydrogens (tertiary/aromatic N) is 1. The Balaban J connectivity index is 0.00000196. The Labute approximate surface area is 179 Å². The van der Waals surface area contributed by atoms with E-state index in [9.17, 15) is 4.79 Å². The molecule has 7 heteroatoms. The minimum absolute atomic E-state index is 0. The molecule has 1 heterocycles. The van der Waals surface area contributed by atoms with Crippen molar-refractivity contribution in [2.24, 2.45) is 5.92 Å². The van der Waals surface area contributed by atoms with Crippen molar-refractivity contribution < 1.29 is 9.53 Å². The fourth-order valence-electron chi connectivity index (χ4n) is 3.47. The summed E-state index contributed by atoms with van der Waals surface area (Å²) in [6.45, 7) is 2.64. The summed E-state index contributed by atoms with van der Waals surface area (Å²) in [5, 5.41) is 3.08. The number of amides is 1. The molecule has 1 amide bonds. The number of aryl methyl sites for hydroxylation is 1. The number of methoxy groups -OCH3 is 1. The SMILES string of the molecule is COc1ccccc1N1CCC(CNC(=O)CCc2ccccc2N)C1.Cl.Cl. The number of carbonyl (C=O) groups is 1. The van der Waals surface area contributed by atoms with Crippen LogP contribution in [-0.2, 0) is 11.2 Å². The summed E-state index contributed by atoms with van der Waals surface area (Å²) in [6.07, 6.45) is 2.22. The van der Waals surface area contributed by atoms with Gasteiger partial charge < -0.3 is 20.7 Å². The third kappa shape index (κ3) is 6.21. The molecule has 0 radical (unpaired) electrons. The number of hydrogen-bond acceptors (Lipinski definition) is 4. The minimum atomic E-state index is 0. The molecule has 1 saturated heterocycles. The number of rotatable bonds is 7. The van der Waals surface area contributed by atoms with Crippen molar-refractivity contribution >= 4 is 42.1 Å². The molecule has 1 aliphatic heterocycles. The van der Waals surface area contributed by atoms with Crippen molar-refractivity contribution in [3.63, 3.8) is 0 Å². The quantitative estimate of drug-likeness (QED) is 0.663. The van der Waals surface area contributed by atoms with Gasteiger partial charge >= 0.3 is 0 Å². The number of nitrogen functional groups attached to an aromatic ring is 1. The van der Waals surface area contributed by atoms with Crippen molar-refractivity contribution in [2.45, 2.75) is 19.3 Å². The number of ether oxygens (including phenoxy) is 1. The number of carbonyl (C=O) groups excluding carboxylic acids is 1. The zero-order valence-electron chi connectivity index (χ0n) is 16.1. The Kier molecular flexibility index (Phi) is 9.97. The summed E-state index contributed by atoms with van der Waals surface area (Å²) >= 11 is 0. The lowest BCUT2D eigenvalue weighted by atomic mass is 10.1. The molecule has 3 rings (SSSR count). The van der Waals surface area contributed by atoms with Crippen LogP contribution >= 0.6 is 24.8 Å². The van der Waals surface area contributed by atoms with E-state index >= 15 is 0 Å². The smallest absolute Gasteiger partial charge is 0.220 e. The highest BCUT2D eigenvalue weighted by atomic mass is 35.5. The fourth-order valence-corrected chi connectivity index (χ4v) is 3.47. The molecule has 1 atom stereocenters. The van der Waals surface area contributed by atoms with Gasteiger partial charge in [0.15, 0.2) is 0 Å². The first-order chi connectivity index (χ1) is 12.7. The number of nitrogens with one attached hydrogen (secondary N) is 1. The lowest BCUT2D eigenvalue weighted by Crippen LogP contribution is -2.31. The molecule has 1 aliphatic rings. The van der Waals surface area contributed by atoms with Gasteiger partial charge in [0, 0.05) is 31.7 Å². The van der Waals surface area contributed by atoms with Crippen LogP contribution in [0.2, 0.25) is 0 Å². The molecule has 1 fully saturated rings. The molecule has 1 unspecified atom stereocenters. The first kappa shape index (κ1) is 23.9. The minimum Gasteiger partial charge on any atom is -0.495 e. The molecule has 0 bridgehead atoms. The number of nitrogens with two attached hydrogens (primary N) is 1. The van der Waals surface area contributed by atoms with Crippen LogP contribution in [0.15, 0.2) is 48.5 Å². The molecule has 5 nitrogen and oxygen atoms in total. The van der Waals surface area contributed by atoms with Crippen LogP contribution in [0.25, 0.3) is 0 Å². The summed E-state index contributed by atoms with van der Waals surface area (Å²) in [5.41, 5.74) is 8.84. The van der Waals surface area contributed by atoms with E-state index in [-0.39, 0.29) is 30.7 Å². The molecular formula is C21H29Cl2N3O2. The summed E-state index contributed by atoms with van der Waals surface area (Å²) in [6, 6.07) is 15.8. The van der Waals surface area contributed by atoms with Crippen LogP contribution in [0.1, 0.15) is 18.4 Å². The normalized spacial score (nSPS) is 15.3. The Morgan fingerprint density at radius 2 is 1.89 bits per heavy atom. The largest absolute Gasteiger partial charge is 0.495 e. The summed E-state index contributed by atoms with van der Waals surface area (Å²) in [7, 11) is 1.70. The summed E-state index contributed by atoms with van der Waals surface area (Å²) in [4.78, 5) is 14.5. The van der Waals surface area contributed by atoms with E-state index in [1.807, 2.05) is 42.5 Å². The fraction of sp³-hybridized carbons (Fsp3) is 0.381. The topological polar surface area (TPSA) is 67.6 Å². The van der Waals surface area contributed by atoms with Gasteiger partial charge in [-0.3, -0.25) is 4.79 Å². The van der Waals surface area contributed by atoms with Gasteiger partial charge in [0.1, 0.15) is 5.75 Å². The van der Waals surface area contributed by atoms with Crippen LogP contribution in [0, 0.1) is 5.92 Å². The predicted molar refractivity (Wildman–Crippen MR) is 120 cm³/mol. The molecule has 0 aromatic heterocycles. The number of anilines is 2. The summed E-state index contributed by atoms with van der Waals surface area (Å²) < 4.78 is 5.45. The first-order valence-electron chi connectivity index (χ1n) is 9.15. The zero-order chi connectivity index (χ0) is 18.4. The molecule has 2 aromatic carbocycles. The second-order valence-electron chi connectivity index (χ2n) is 6.78. The lowest BCUT2D eigenvalue weighted by Gasteiger charge is -2.21. The standard InChI is InChI=1S/C21H27N3O2.2ClH/c1-26-20-9-5-4-8-19(20)24-13-12-16(15-24)14-23-21(25)11-10-17-6-2-3-7-18(17)22;;/h2-9,16H,10-15,22H2,1H3,(H,23,25);2*1H. The summed E-state index contributed by atoms with van der Waals surface area (Å²) in [5.74, 6) is 1.45. The Bertz CT molecular complexity index is 758. The predicted octanol–water partition coefficient (Wildman–Crippen LogP) is 3.70. The maximum atomic E-state index is 12.2. The number of hydrogen-bond donors (Lipinski definition) is 2. The molecule has 2 aromatic rings. The molecular weight excluding hydrogens is 397 g/mol. The van der Waals surface area contributed by atoms with E-state index in [0.717, 1.165) is 48.7 Å². The zero-order valence-corrected chi connectivity index (χ0v) is 17.7. The van der Waals surface area contributed by atoms with Gasteiger partial charge in [-0.1, -0.05) is 30.3 Å². The van der Waals surface area contributed by atoms with Crippen LogP contribution in [-0.4, -0.2) is 32.7 Å². The molecule has 0 aliphatic carbocycles. The van der Waals surface area contributed by atoms with Crippen molar-refractivity contribution in [3.05, 3.63) is 54.1 Å². The Morgan fingerprint density at radius 3 is 2.64 bits per heavy atom. The third-order valence-electron chi connectivity index (χ3n) is 4.98. The van der Waals surface area contributed by atoms with Crippen LogP contribution < -0.4 is 20.7 Å². The van der Waals surface area contributed by atoms with Gasteiger partial charge in [-0.25, -0.2) is 0 Å². The van der Waals surface area contributed by atoms with Gasteiger partial charge in [0.25, 0.3) is 0 Å². The average Bonchev–Trinajstić information content (AvgIpc) is 3.14. The third-order valence-corrected chi connectivity index (χ3v) is 4.98. The number of para-hydroxylation sites is 3. The lowest BCUT2D eigenvalue weighted by molar-refractivity contribution is -0.121. The van der Waals surface area contributed by atoms with Gasteiger partial charge in [-0.15, -0.1) is 24.8 Å². The van der Waals surface area contributed by atoms with Crippen molar-refractivity contribution in [1.82, 2.24) is 5.32 Å². The molecule has 3 N–H and O–H groups in total. The van der Waals surface area contributed by atoms with Gasteiger partial charge in [-0.2, -0.15) is 0 Å². The van der Waals surface area contributed by atoms with Gasteiger partial charge in [0.2, 0.25) is 5.91 Å². The van der Waals surface area contributed by atoms with Crippen LogP contribution in [0.4, 0.5) is 11.4 Å². The maximum Gasteiger partial charge on any atom is 0.220 e. The highest BCUT2D eigenvalue weighted by molar-refractivity contribution is 5.85. The Morgan fingerprint density at radius 1 is 1.18 bits per heavy atom. The van der Waals surface area contributed by atoms with Crippen molar-refractivity contribution in [2.75, 3.05) is 37.4 Å². The highest BCUT2D eigenvalue weighted by Crippen LogP contribution is 2.31. The van der Waals surface area contributed by atoms with Gasteiger partial charge in [-0.05, 0) is 42.5 Å². The average molecular weight is 426 g/mol. The number of halogens is 2. The van der Waals surface area contributed by atoms with E-state index in [1.165, 1.54) is 0 Å². The van der Waals surface area contributed by atoms with E-state index in [4.69, 9.17) is 10.5 Å². The molecule has 154 valence electrons. The molecule has 0 spiro atoms. The van der Waals surface area contributed by atoms with E-state index < -0.39 is 0 Å². The molecule has 0 saturated carbocycles. The van der Waals surface area contributed by atoms with E-state index in [1.54, 1.807) is 7.11 Å². The van der Waals surface area contributed by atoms with Crippen molar-refractivity contribution in [3.8, 4) is 5.75 Å². The van der Waals surface area contributed by atoms with Crippen LogP contribution in [0.3, 0.4) is 0 Å². The Hall–Kier alpha value is -2.11. The maximum absolute atomic E-state index is 12.2. The second kappa shape index (κ2) is 11.7. The van der Waals surface area contributed by atoms with Gasteiger partial charge in [0.05, 0.1) is 12.8 Å².